The zero-order valence-electron chi connectivity index (χ0n) is 11.7. The lowest BCUT2D eigenvalue weighted by Crippen LogP contribution is -2.38. The molecule has 1 fully saturated rings. The van der Waals surface area contributed by atoms with Gasteiger partial charge in [0.05, 0.1) is 0 Å². The zero-order chi connectivity index (χ0) is 14.4. The fourth-order valence-electron chi connectivity index (χ4n) is 2.28. The molecule has 1 unspecified atom stereocenters. The van der Waals surface area contributed by atoms with Crippen LogP contribution in [0.4, 0.5) is 0 Å². The van der Waals surface area contributed by atoms with Gasteiger partial charge in [0.25, 0.3) is 5.91 Å². The van der Waals surface area contributed by atoms with Gasteiger partial charge in [-0.15, -0.1) is 0 Å². The summed E-state index contributed by atoms with van der Waals surface area (Å²) in [6.45, 7) is 3.48. The fourth-order valence-corrected chi connectivity index (χ4v) is 2.28. The van der Waals surface area contributed by atoms with E-state index in [1.54, 1.807) is 31.2 Å². The first-order valence-corrected chi connectivity index (χ1v) is 7.03. The van der Waals surface area contributed by atoms with Gasteiger partial charge in [-0.1, -0.05) is 17.3 Å². The number of amides is 1. The average molecular weight is 276 g/mol. The Labute approximate surface area is 118 Å². The van der Waals surface area contributed by atoms with Crippen LogP contribution in [0, 0.1) is 4.91 Å². The van der Waals surface area contributed by atoms with Crippen LogP contribution in [0.1, 0.15) is 37.8 Å². The molecule has 0 radical (unpaired) electrons. The third-order valence-corrected chi connectivity index (χ3v) is 3.59. The van der Waals surface area contributed by atoms with Crippen LogP contribution >= 0.6 is 0 Å². The highest BCUT2D eigenvalue weighted by Crippen LogP contribution is 2.20. The molecule has 1 aliphatic heterocycles. The van der Waals surface area contributed by atoms with Crippen LogP contribution in [0.2, 0.25) is 0 Å². The third-order valence-electron chi connectivity index (χ3n) is 3.59. The molecule has 108 valence electrons. The summed E-state index contributed by atoms with van der Waals surface area (Å²) in [6, 6.07) is 6.76. The van der Waals surface area contributed by atoms with Crippen LogP contribution in [0.25, 0.3) is 0 Å². The van der Waals surface area contributed by atoms with Crippen molar-refractivity contribution in [3.8, 4) is 5.75 Å². The minimum atomic E-state index is -0.362. The first-order valence-electron chi connectivity index (χ1n) is 7.03. The van der Waals surface area contributed by atoms with E-state index < -0.39 is 0 Å². The van der Waals surface area contributed by atoms with Crippen molar-refractivity contribution in [2.45, 2.75) is 32.2 Å². The van der Waals surface area contributed by atoms with Gasteiger partial charge in [-0.25, -0.2) is 0 Å². The lowest BCUT2D eigenvalue weighted by Gasteiger charge is -2.26. The van der Waals surface area contributed by atoms with Crippen LogP contribution < -0.4 is 4.74 Å². The molecule has 1 aromatic carbocycles. The van der Waals surface area contributed by atoms with E-state index in [1.165, 1.54) is 6.42 Å². The predicted molar refractivity (Wildman–Crippen MR) is 76.6 cm³/mol. The molecule has 20 heavy (non-hydrogen) atoms. The van der Waals surface area contributed by atoms with Crippen molar-refractivity contribution < 1.29 is 9.53 Å². The molecule has 1 aromatic rings. The Hall–Kier alpha value is -1.91. The van der Waals surface area contributed by atoms with E-state index in [1.807, 2.05) is 4.90 Å². The van der Waals surface area contributed by atoms with Crippen molar-refractivity contribution in [1.82, 2.24) is 4.90 Å². The molecule has 0 spiro atoms. The molecule has 0 aromatic heterocycles. The standard InChI is InChI=1S/C15H20N2O3/c1-12(16-19)13-5-7-14(8-6-13)20-11-15(18)17-9-3-2-4-10-17/h5-8,12H,2-4,9-11H2,1H3. The van der Waals surface area contributed by atoms with Crippen LogP contribution in [0.5, 0.6) is 5.75 Å². The van der Waals surface area contributed by atoms with Crippen molar-refractivity contribution >= 4 is 5.91 Å². The van der Waals surface area contributed by atoms with Gasteiger partial charge in [0.1, 0.15) is 11.8 Å². The summed E-state index contributed by atoms with van der Waals surface area (Å²) in [7, 11) is 0. The molecule has 1 atom stereocenters. The Morgan fingerprint density at radius 2 is 1.90 bits per heavy atom. The Bertz CT molecular complexity index is 453. The normalized spacial score (nSPS) is 16.6. The largest absolute Gasteiger partial charge is 0.484 e. The summed E-state index contributed by atoms with van der Waals surface area (Å²) in [5.41, 5.74) is 0.842. The summed E-state index contributed by atoms with van der Waals surface area (Å²) < 4.78 is 5.49. The monoisotopic (exact) mass is 276 g/mol. The number of carbonyl (C=O) groups excluding carboxylic acids is 1. The highest BCUT2D eigenvalue weighted by Gasteiger charge is 2.16. The predicted octanol–water partition coefficient (Wildman–Crippen LogP) is 2.91. The maximum absolute atomic E-state index is 11.9. The lowest BCUT2D eigenvalue weighted by molar-refractivity contribution is -0.134. The van der Waals surface area contributed by atoms with Crippen molar-refractivity contribution in [2.24, 2.45) is 5.18 Å². The number of carbonyl (C=O) groups is 1. The number of nitroso groups, excluding NO2 is 1. The van der Waals surface area contributed by atoms with Gasteiger partial charge in [-0.05, 0) is 43.9 Å². The molecule has 0 bridgehead atoms. The van der Waals surface area contributed by atoms with E-state index in [2.05, 4.69) is 5.18 Å². The van der Waals surface area contributed by atoms with E-state index in [9.17, 15) is 9.70 Å². The molecular formula is C15H20N2O3. The van der Waals surface area contributed by atoms with Crippen molar-refractivity contribution in [1.29, 1.82) is 0 Å². The second kappa shape index (κ2) is 7.03. The smallest absolute Gasteiger partial charge is 0.260 e. The second-order valence-electron chi connectivity index (χ2n) is 5.08. The molecule has 1 saturated heterocycles. The average Bonchev–Trinajstić information content (AvgIpc) is 2.53. The lowest BCUT2D eigenvalue weighted by atomic mass is 10.1. The molecule has 0 saturated carbocycles. The molecule has 0 N–H and O–H groups in total. The summed E-state index contributed by atoms with van der Waals surface area (Å²) in [4.78, 5) is 24.2. The third kappa shape index (κ3) is 3.79. The van der Waals surface area contributed by atoms with Gasteiger partial charge in [0.15, 0.2) is 6.61 Å². The highest BCUT2D eigenvalue weighted by atomic mass is 16.5. The van der Waals surface area contributed by atoms with Gasteiger partial charge >= 0.3 is 0 Å². The molecule has 0 aliphatic carbocycles. The molecule has 1 aliphatic rings. The molecule has 2 rings (SSSR count). The van der Waals surface area contributed by atoms with Crippen LogP contribution in [0.3, 0.4) is 0 Å². The minimum Gasteiger partial charge on any atom is -0.484 e. The Kier molecular flexibility index (Phi) is 5.09. The maximum Gasteiger partial charge on any atom is 0.260 e. The first-order chi connectivity index (χ1) is 9.70. The quantitative estimate of drug-likeness (QED) is 0.777. The van der Waals surface area contributed by atoms with Gasteiger partial charge in [-0.2, -0.15) is 4.91 Å². The summed E-state index contributed by atoms with van der Waals surface area (Å²) in [5.74, 6) is 0.675. The van der Waals surface area contributed by atoms with Gasteiger partial charge in [-0.3, -0.25) is 4.79 Å². The highest BCUT2D eigenvalue weighted by molar-refractivity contribution is 5.77. The van der Waals surface area contributed by atoms with E-state index >= 15 is 0 Å². The van der Waals surface area contributed by atoms with E-state index in [-0.39, 0.29) is 18.6 Å². The number of likely N-dealkylation sites (tertiary alicyclic amines) is 1. The van der Waals surface area contributed by atoms with Gasteiger partial charge in [0, 0.05) is 13.1 Å². The van der Waals surface area contributed by atoms with E-state index in [0.29, 0.717) is 5.75 Å². The number of hydrogen-bond acceptors (Lipinski definition) is 4. The summed E-state index contributed by atoms with van der Waals surface area (Å²) >= 11 is 0. The molecule has 1 amide bonds. The van der Waals surface area contributed by atoms with Gasteiger partial charge in [0.2, 0.25) is 0 Å². The molecular weight excluding hydrogens is 256 g/mol. The number of nitrogens with zero attached hydrogens (tertiary/aromatic N) is 2. The number of piperidine rings is 1. The number of rotatable bonds is 5. The van der Waals surface area contributed by atoms with Crippen molar-refractivity contribution in [3.63, 3.8) is 0 Å². The van der Waals surface area contributed by atoms with Gasteiger partial charge < -0.3 is 9.64 Å². The summed E-state index contributed by atoms with van der Waals surface area (Å²) in [6.07, 6.45) is 3.36. The number of hydrogen-bond donors (Lipinski definition) is 0. The molecule has 1 heterocycles. The number of benzene rings is 1. The summed E-state index contributed by atoms with van der Waals surface area (Å²) in [5, 5.41) is 2.97. The Morgan fingerprint density at radius 3 is 2.50 bits per heavy atom. The second-order valence-corrected chi connectivity index (χ2v) is 5.08. The SMILES string of the molecule is CC(N=O)c1ccc(OCC(=O)N2CCCCC2)cc1. The maximum atomic E-state index is 11.9. The topological polar surface area (TPSA) is 59.0 Å². The first kappa shape index (κ1) is 14.5. The Morgan fingerprint density at radius 1 is 1.25 bits per heavy atom. The molecule has 5 nitrogen and oxygen atoms in total. The van der Waals surface area contributed by atoms with Crippen LogP contribution in [-0.2, 0) is 4.79 Å². The Balaban J connectivity index is 1.84. The fraction of sp³-hybridized carbons (Fsp3) is 0.533. The van der Waals surface area contributed by atoms with Crippen molar-refractivity contribution in [3.05, 3.63) is 34.7 Å². The zero-order valence-corrected chi connectivity index (χ0v) is 11.7. The number of ether oxygens (including phenoxy) is 1. The molecule has 5 heteroatoms. The van der Waals surface area contributed by atoms with E-state index in [0.717, 1.165) is 31.5 Å². The van der Waals surface area contributed by atoms with Crippen LogP contribution in [0.15, 0.2) is 29.4 Å². The van der Waals surface area contributed by atoms with E-state index in [4.69, 9.17) is 4.74 Å². The van der Waals surface area contributed by atoms with Crippen molar-refractivity contribution in [2.75, 3.05) is 19.7 Å². The minimum absolute atomic E-state index is 0.0386. The van der Waals surface area contributed by atoms with Crippen LogP contribution in [-0.4, -0.2) is 30.5 Å².